The lowest BCUT2D eigenvalue weighted by atomic mass is 10.1. The fourth-order valence-corrected chi connectivity index (χ4v) is 3.09. The van der Waals surface area contributed by atoms with E-state index in [2.05, 4.69) is 10.3 Å². The molecule has 0 bridgehead atoms. The minimum absolute atomic E-state index is 0.0509. The number of hydrogen-bond donors (Lipinski definition) is 1. The predicted octanol–water partition coefficient (Wildman–Crippen LogP) is 4.92. The van der Waals surface area contributed by atoms with Crippen molar-refractivity contribution in [3.63, 3.8) is 0 Å². The maximum atomic E-state index is 12.7. The number of carbonyl (C=O) groups is 1. The number of para-hydroxylation sites is 1. The first kappa shape index (κ1) is 18.7. The minimum atomic E-state index is -4.48. The number of rotatable bonds is 2. The van der Waals surface area contributed by atoms with Crippen LogP contribution in [0.25, 0.3) is 21.9 Å². The van der Waals surface area contributed by atoms with Crippen LogP contribution in [0.2, 0.25) is 0 Å². The summed E-state index contributed by atoms with van der Waals surface area (Å²) >= 11 is 0. The monoisotopic (exact) mass is 398 g/mol. The van der Waals surface area contributed by atoms with E-state index >= 15 is 0 Å². The van der Waals surface area contributed by atoms with Crippen LogP contribution in [0, 0.1) is 6.92 Å². The Bertz CT molecular complexity index is 1310. The topological polar surface area (TPSA) is 72.2 Å². The van der Waals surface area contributed by atoms with Crippen LogP contribution in [0.5, 0.6) is 0 Å². The molecule has 0 radical (unpaired) electrons. The Hall–Kier alpha value is -3.68. The van der Waals surface area contributed by atoms with Crippen molar-refractivity contribution in [2.24, 2.45) is 0 Å². The first-order valence-electron chi connectivity index (χ1n) is 8.56. The van der Waals surface area contributed by atoms with Crippen molar-refractivity contribution in [2.45, 2.75) is 13.1 Å². The number of benzene rings is 2. The number of anilines is 1. The number of nitrogens with zero attached hydrogens (tertiary/aromatic N) is 1. The van der Waals surface area contributed by atoms with Crippen LogP contribution in [-0.2, 0) is 6.18 Å². The molecule has 1 N–H and O–H groups in total. The lowest BCUT2D eigenvalue weighted by molar-refractivity contribution is -0.137. The highest BCUT2D eigenvalue weighted by molar-refractivity contribution is 6.06. The van der Waals surface area contributed by atoms with Gasteiger partial charge in [0.15, 0.2) is 0 Å². The van der Waals surface area contributed by atoms with Gasteiger partial charge < -0.3 is 9.73 Å². The third-order valence-electron chi connectivity index (χ3n) is 4.48. The number of carbonyl (C=O) groups excluding carboxylic acids is 1. The van der Waals surface area contributed by atoms with Crippen molar-refractivity contribution in [1.82, 2.24) is 4.98 Å². The molecule has 5 nitrogen and oxygen atoms in total. The van der Waals surface area contributed by atoms with Gasteiger partial charge in [-0.3, -0.25) is 4.79 Å². The molecule has 1 amide bonds. The van der Waals surface area contributed by atoms with E-state index in [4.69, 9.17) is 4.42 Å². The molecule has 0 spiro atoms. The van der Waals surface area contributed by atoms with Gasteiger partial charge in [-0.05, 0) is 55.0 Å². The first-order chi connectivity index (χ1) is 13.7. The molecule has 4 rings (SSSR count). The standard InChI is InChI=1S/C21H13F3N2O3/c1-11-10-16(26-19(27)12-6-8-13(9-7-12)21(22,23)24)25-18-14-4-2-3-5-15(14)29-20(28)17(11)18/h2-10H,1H3,(H,25,26,27). The molecule has 2 heterocycles. The quantitative estimate of drug-likeness (QED) is 0.384. The second-order valence-electron chi connectivity index (χ2n) is 6.46. The zero-order chi connectivity index (χ0) is 20.8. The van der Waals surface area contributed by atoms with E-state index in [0.29, 0.717) is 27.4 Å². The van der Waals surface area contributed by atoms with Crippen molar-refractivity contribution in [3.05, 3.63) is 81.7 Å². The zero-order valence-electron chi connectivity index (χ0n) is 15.0. The number of halogens is 3. The Morgan fingerprint density at radius 3 is 2.45 bits per heavy atom. The van der Waals surface area contributed by atoms with E-state index in [-0.39, 0.29) is 11.4 Å². The molecule has 2 aromatic heterocycles. The van der Waals surface area contributed by atoms with E-state index in [0.717, 1.165) is 24.3 Å². The molecule has 0 unspecified atom stereocenters. The van der Waals surface area contributed by atoms with Gasteiger partial charge in [0.1, 0.15) is 11.4 Å². The second-order valence-corrected chi connectivity index (χ2v) is 6.46. The molecule has 4 aromatic rings. The van der Waals surface area contributed by atoms with Gasteiger partial charge in [-0.15, -0.1) is 0 Å². The summed E-state index contributed by atoms with van der Waals surface area (Å²) in [4.78, 5) is 29.1. The number of nitrogens with one attached hydrogen (secondary N) is 1. The summed E-state index contributed by atoms with van der Waals surface area (Å²) in [7, 11) is 0. The summed E-state index contributed by atoms with van der Waals surface area (Å²) in [5.74, 6) is -0.437. The van der Waals surface area contributed by atoms with Crippen molar-refractivity contribution in [3.8, 4) is 0 Å². The van der Waals surface area contributed by atoms with E-state index in [1.807, 2.05) is 0 Å². The molecule has 0 atom stereocenters. The number of aromatic nitrogens is 1. The average molecular weight is 398 g/mol. The van der Waals surface area contributed by atoms with Gasteiger partial charge in [0.2, 0.25) is 0 Å². The number of alkyl halides is 3. The van der Waals surface area contributed by atoms with Crippen molar-refractivity contribution >= 4 is 33.6 Å². The van der Waals surface area contributed by atoms with Crippen LogP contribution in [0.3, 0.4) is 0 Å². The molecule has 2 aromatic carbocycles. The average Bonchev–Trinajstić information content (AvgIpc) is 2.67. The SMILES string of the molecule is Cc1cc(NC(=O)c2ccc(C(F)(F)F)cc2)nc2c1c(=O)oc1ccccc12. The highest BCUT2D eigenvalue weighted by Gasteiger charge is 2.30. The molecule has 0 saturated heterocycles. The Kier molecular flexibility index (Phi) is 4.34. The summed E-state index contributed by atoms with van der Waals surface area (Å²) < 4.78 is 43.3. The van der Waals surface area contributed by atoms with Gasteiger partial charge in [0.25, 0.3) is 5.91 Å². The summed E-state index contributed by atoms with van der Waals surface area (Å²) in [5.41, 5.74) is -0.0360. The minimum Gasteiger partial charge on any atom is -0.422 e. The smallest absolute Gasteiger partial charge is 0.416 e. The third-order valence-corrected chi connectivity index (χ3v) is 4.48. The Labute approximate surface area is 161 Å². The van der Waals surface area contributed by atoms with E-state index in [1.54, 1.807) is 31.2 Å². The molecule has 29 heavy (non-hydrogen) atoms. The fraction of sp³-hybridized carbons (Fsp3) is 0.0952. The highest BCUT2D eigenvalue weighted by Crippen LogP contribution is 2.29. The van der Waals surface area contributed by atoms with Crippen LogP contribution < -0.4 is 10.9 Å². The highest BCUT2D eigenvalue weighted by atomic mass is 19.4. The predicted molar refractivity (Wildman–Crippen MR) is 102 cm³/mol. The van der Waals surface area contributed by atoms with E-state index < -0.39 is 23.3 Å². The zero-order valence-corrected chi connectivity index (χ0v) is 15.0. The molecule has 0 aliphatic rings. The summed E-state index contributed by atoms with van der Waals surface area (Å²) in [6, 6.07) is 12.3. The number of pyridine rings is 1. The van der Waals surface area contributed by atoms with Crippen LogP contribution >= 0.6 is 0 Å². The molecular weight excluding hydrogens is 385 g/mol. The van der Waals surface area contributed by atoms with E-state index in [1.165, 1.54) is 6.07 Å². The van der Waals surface area contributed by atoms with Gasteiger partial charge >= 0.3 is 11.8 Å². The lowest BCUT2D eigenvalue weighted by Crippen LogP contribution is -2.14. The number of hydrogen-bond acceptors (Lipinski definition) is 4. The van der Waals surface area contributed by atoms with Crippen molar-refractivity contribution in [2.75, 3.05) is 5.32 Å². The molecule has 0 fully saturated rings. The van der Waals surface area contributed by atoms with Crippen LogP contribution in [-0.4, -0.2) is 10.9 Å². The van der Waals surface area contributed by atoms with Crippen molar-refractivity contribution < 1.29 is 22.4 Å². The fourth-order valence-electron chi connectivity index (χ4n) is 3.09. The Morgan fingerprint density at radius 1 is 1.07 bits per heavy atom. The molecule has 0 aliphatic heterocycles. The number of aryl methyl sites for hydroxylation is 1. The van der Waals surface area contributed by atoms with E-state index in [9.17, 15) is 22.8 Å². The Morgan fingerprint density at radius 2 is 1.76 bits per heavy atom. The van der Waals surface area contributed by atoms with Crippen LogP contribution in [0.1, 0.15) is 21.5 Å². The van der Waals surface area contributed by atoms with Gasteiger partial charge in [0, 0.05) is 10.9 Å². The largest absolute Gasteiger partial charge is 0.422 e. The number of amides is 1. The summed E-state index contributed by atoms with van der Waals surface area (Å²) in [6.45, 7) is 1.68. The van der Waals surface area contributed by atoms with Crippen molar-refractivity contribution in [1.29, 1.82) is 0 Å². The normalized spacial score (nSPS) is 11.7. The Balaban J connectivity index is 1.74. The number of fused-ring (bicyclic) bond motifs is 3. The lowest BCUT2D eigenvalue weighted by Gasteiger charge is -2.10. The molecule has 0 saturated carbocycles. The molecule has 0 aliphatic carbocycles. The third kappa shape index (κ3) is 3.44. The van der Waals surface area contributed by atoms with Gasteiger partial charge in [-0.2, -0.15) is 13.2 Å². The maximum absolute atomic E-state index is 12.7. The maximum Gasteiger partial charge on any atom is 0.416 e. The van der Waals surface area contributed by atoms with Gasteiger partial charge in [0.05, 0.1) is 16.5 Å². The molecule has 146 valence electrons. The molecular formula is C21H13F3N2O3. The van der Waals surface area contributed by atoms with Gasteiger partial charge in [-0.1, -0.05) is 12.1 Å². The second kappa shape index (κ2) is 6.73. The first-order valence-corrected chi connectivity index (χ1v) is 8.56. The van der Waals surface area contributed by atoms with Crippen LogP contribution in [0.4, 0.5) is 19.0 Å². The van der Waals surface area contributed by atoms with Crippen LogP contribution in [0.15, 0.2) is 63.8 Å². The summed E-state index contributed by atoms with van der Waals surface area (Å²) in [6.07, 6.45) is -4.48. The summed E-state index contributed by atoms with van der Waals surface area (Å²) in [5, 5.41) is 3.48. The molecule has 8 heteroatoms. The van der Waals surface area contributed by atoms with Gasteiger partial charge in [-0.25, -0.2) is 9.78 Å².